The van der Waals surface area contributed by atoms with Crippen LogP contribution < -0.4 is 5.32 Å². The summed E-state index contributed by atoms with van der Waals surface area (Å²) in [4.78, 5) is 7.06. The average Bonchev–Trinajstić information content (AvgIpc) is 3.20. The van der Waals surface area contributed by atoms with Gasteiger partial charge >= 0.3 is 0 Å². The quantitative estimate of drug-likeness (QED) is 0.583. The van der Waals surface area contributed by atoms with Gasteiger partial charge in [0.25, 0.3) is 0 Å². The maximum atomic E-state index is 10.1. The maximum absolute atomic E-state index is 10.1. The van der Waals surface area contributed by atoms with E-state index in [-0.39, 0.29) is 18.8 Å². The summed E-state index contributed by atoms with van der Waals surface area (Å²) in [5, 5.41) is 27.9. The van der Waals surface area contributed by atoms with Gasteiger partial charge in [0.15, 0.2) is 5.82 Å². The molecule has 0 amide bonds. The first-order valence-electron chi connectivity index (χ1n) is 10.8. The summed E-state index contributed by atoms with van der Waals surface area (Å²) < 4.78 is 1.89. The van der Waals surface area contributed by atoms with Gasteiger partial charge in [-0.3, -0.25) is 4.90 Å². The lowest BCUT2D eigenvalue weighted by molar-refractivity contribution is 0.0309. The van der Waals surface area contributed by atoms with Crippen molar-refractivity contribution >= 4 is 11.3 Å². The molecule has 7 heteroatoms. The molecule has 1 aromatic carbocycles. The average molecular weight is 408 g/mol. The number of fused-ring (bicyclic) bond motifs is 3. The molecule has 2 unspecified atom stereocenters. The molecular formula is C23H29N5O2. The Morgan fingerprint density at radius 1 is 1.17 bits per heavy atom. The monoisotopic (exact) mass is 407 g/mol. The van der Waals surface area contributed by atoms with E-state index in [1.165, 1.54) is 18.4 Å². The molecule has 3 aromatic rings. The van der Waals surface area contributed by atoms with E-state index in [9.17, 15) is 10.2 Å². The molecule has 2 aliphatic rings. The molecule has 0 saturated carbocycles. The zero-order valence-corrected chi connectivity index (χ0v) is 17.3. The normalized spacial score (nSPS) is 25.0. The minimum absolute atomic E-state index is 0.0216. The van der Waals surface area contributed by atoms with Gasteiger partial charge in [0.2, 0.25) is 0 Å². The number of rotatable bonds is 6. The second-order valence-corrected chi connectivity index (χ2v) is 8.65. The number of nitrogens with zero attached hydrogens (tertiary/aromatic N) is 4. The lowest BCUT2D eigenvalue weighted by Crippen LogP contribution is -2.44. The predicted octanol–water partition coefficient (Wildman–Crippen LogP) is 2.67. The largest absolute Gasteiger partial charge is 0.394 e. The molecule has 2 bridgehead atoms. The summed E-state index contributed by atoms with van der Waals surface area (Å²) in [6, 6.07) is 10.6. The number of aryl methyl sites for hydroxylation is 1. The van der Waals surface area contributed by atoms with E-state index in [2.05, 4.69) is 33.4 Å². The third kappa shape index (κ3) is 3.47. The second kappa shape index (κ2) is 7.98. The van der Waals surface area contributed by atoms with Crippen LogP contribution in [0.1, 0.15) is 48.4 Å². The lowest BCUT2D eigenvalue weighted by Gasteiger charge is -2.37. The van der Waals surface area contributed by atoms with Crippen LogP contribution in [-0.2, 0) is 6.54 Å². The van der Waals surface area contributed by atoms with Crippen LogP contribution in [0.2, 0.25) is 0 Å². The van der Waals surface area contributed by atoms with Gasteiger partial charge in [0.05, 0.1) is 18.8 Å². The third-order valence-corrected chi connectivity index (χ3v) is 6.84. The van der Waals surface area contributed by atoms with Gasteiger partial charge in [-0.2, -0.15) is 5.10 Å². The van der Waals surface area contributed by atoms with Crippen LogP contribution in [-0.4, -0.2) is 54.5 Å². The van der Waals surface area contributed by atoms with Gasteiger partial charge in [0.1, 0.15) is 11.8 Å². The Hall–Kier alpha value is -2.48. The summed E-state index contributed by atoms with van der Waals surface area (Å²) in [5.41, 5.74) is 4.37. The van der Waals surface area contributed by atoms with Crippen molar-refractivity contribution in [1.29, 1.82) is 0 Å². The summed E-state index contributed by atoms with van der Waals surface area (Å²) in [7, 11) is 0. The summed E-state index contributed by atoms with van der Waals surface area (Å²) in [6.45, 7) is 2.97. The molecule has 30 heavy (non-hydrogen) atoms. The Kier molecular flexibility index (Phi) is 5.18. The molecule has 0 radical (unpaired) electrons. The summed E-state index contributed by atoms with van der Waals surface area (Å²) in [5.74, 6) is 0.730. The Morgan fingerprint density at radius 3 is 2.60 bits per heavy atom. The SMILES string of the molecule is Cc1c(CN2C3CCC2CC(O)C3)cn2ncnc(N[C@H](CO)c3ccccc3)c12. The van der Waals surface area contributed by atoms with E-state index in [4.69, 9.17) is 0 Å². The molecular weight excluding hydrogens is 378 g/mol. The van der Waals surface area contributed by atoms with Gasteiger partial charge in [-0.15, -0.1) is 0 Å². The van der Waals surface area contributed by atoms with Crippen molar-refractivity contribution in [3.8, 4) is 0 Å². The van der Waals surface area contributed by atoms with E-state index >= 15 is 0 Å². The van der Waals surface area contributed by atoms with Crippen molar-refractivity contribution in [3.63, 3.8) is 0 Å². The molecule has 3 atom stereocenters. The minimum Gasteiger partial charge on any atom is -0.394 e. The van der Waals surface area contributed by atoms with Crippen LogP contribution >= 0.6 is 0 Å². The highest BCUT2D eigenvalue weighted by atomic mass is 16.3. The van der Waals surface area contributed by atoms with Crippen LogP contribution in [0, 0.1) is 6.92 Å². The van der Waals surface area contributed by atoms with E-state index in [0.717, 1.165) is 41.8 Å². The summed E-state index contributed by atoms with van der Waals surface area (Å²) in [6.07, 6.45) is 7.61. The smallest absolute Gasteiger partial charge is 0.154 e. The van der Waals surface area contributed by atoms with Crippen molar-refractivity contribution in [2.75, 3.05) is 11.9 Å². The molecule has 0 spiro atoms. The molecule has 2 saturated heterocycles. The first-order valence-corrected chi connectivity index (χ1v) is 10.8. The zero-order chi connectivity index (χ0) is 20.7. The molecule has 158 valence electrons. The Bertz CT molecular complexity index is 1010. The minimum atomic E-state index is -0.234. The molecule has 7 nitrogen and oxygen atoms in total. The van der Waals surface area contributed by atoms with E-state index < -0.39 is 0 Å². The van der Waals surface area contributed by atoms with Gasteiger partial charge in [-0.1, -0.05) is 30.3 Å². The number of aliphatic hydroxyl groups excluding tert-OH is 2. The number of benzene rings is 1. The highest BCUT2D eigenvalue weighted by Crippen LogP contribution is 2.38. The number of hydrogen-bond acceptors (Lipinski definition) is 6. The third-order valence-electron chi connectivity index (χ3n) is 6.84. The zero-order valence-electron chi connectivity index (χ0n) is 17.3. The topological polar surface area (TPSA) is 85.9 Å². The van der Waals surface area contributed by atoms with Crippen molar-refractivity contribution in [2.45, 2.75) is 63.4 Å². The van der Waals surface area contributed by atoms with Crippen LogP contribution in [0.5, 0.6) is 0 Å². The molecule has 2 fully saturated rings. The molecule has 5 rings (SSSR count). The molecule has 0 aliphatic carbocycles. The Balaban J connectivity index is 1.44. The number of aliphatic hydroxyl groups is 2. The highest BCUT2D eigenvalue weighted by molar-refractivity contribution is 5.73. The number of anilines is 1. The van der Waals surface area contributed by atoms with Crippen molar-refractivity contribution in [1.82, 2.24) is 19.5 Å². The second-order valence-electron chi connectivity index (χ2n) is 8.65. The van der Waals surface area contributed by atoms with Crippen LogP contribution in [0.25, 0.3) is 5.52 Å². The number of aromatic nitrogens is 3. The standard InChI is InChI=1S/C23H29N5O2/c1-15-17(11-27-18-7-8-19(27)10-20(30)9-18)12-28-22(15)23(24-14-25-28)26-21(13-29)16-5-3-2-4-6-16/h2-6,12,14,18-21,29-30H,7-11,13H2,1H3,(H,24,25,26)/t18?,19?,20?,21-/m1/s1. The van der Waals surface area contributed by atoms with Gasteiger partial charge in [-0.05, 0) is 49.3 Å². The number of hydrogen-bond donors (Lipinski definition) is 3. The molecule has 2 aromatic heterocycles. The van der Waals surface area contributed by atoms with Gasteiger partial charge in [0, 0.05) is 24.8 Å². The van der Waals surface area contributed by atoms with E-state index in [1.54, 1.807) is 6.33 Å². The van der Waals surface area contributed by atoms with Crippen LogP contribution in [0.15, 0.2) is 42.9 Å². The number of nitrogens with one attached hydrogen (secondary N) is 1. The van der Waals surface area contributed by atoms with E-state index in [1.807, 2.05) is 34.8 Å². The molecule has 3 N–H and O–H groups in total. The van der Waals surface area contributed by atoms with Crippen molar-refractivity contribution in [3.05, 3.63) is 59.5 Å². The fourth-order valence-electron chi connectivity index (χ4n) is 5.26. The maximum Gasteiger partial charge on any atom is 0.154 e. The van der Waals surface area contributed by atoms with Crippen molar-refractivity contribution < 1.29 is 10.2 Å². The van der Waals surface area contributed by atoms with Crippen LogP contribution in [0.3, 0.4) is 0 Å². The van der Waals surface area contributed by atoms with Gasteiger partial charge in [-0.25, -0.2) is 9.50 Å². The Labute approximate surface area is 176 Å². The predicted molar refractivity (Wildman–Crippen MR) is 115 cm³/mol. The fraction of sp³-hybridized carbons (Fsp3) is 0.478. The molecule has 4 heterocycles. The van der Waals surface area contributed by atoms with Crippen LogP contribution in [0.4, 0.5) is 5.82 Å². The highest BCUT2D eigenvalue weighted by Gasteiger charge is 2.40. The first-order chi connectivity index (χ1) is 14.6. The van der Waals surface area contributed by atoms with E-state index in [0.29, 0.717) is 12.1 Å². The Morgan fingerprint density at radius 2 is 1.90 bits per heavy atom. The first kappa shape index (κ1) is 19.5. The molecule has 2 aliphatic heterocycles. The summed E-state index contributed by atoms with van der Waals surface area (Å²) >= 11 is 0. The van der Waals surface area contributed by atoms with Gasteiger partial charge < -0.3 is 15.5 Å². The van der Waals surface area contributed by atoms with Crippen molar-refractivity contribution in [2.24, 2.45) is 0 Å². The fourth-order valence-corrected chi connectivity index (χ4v) is 5.26. The number of piperidine rings is 1. The lowest BCUT2D eigenvalue weighted by atomic mass is 9.99.